The molecule has 2 rings (SSSR count). The molecule has 0 saturated carbocycles. The smallest absolute Gasteiger partial charge is 0.226 e. The molecule has 1 aromatic heterocycles. The van der Waals surface area contributed by atoms with E-state index in [9.17, 15) is 4.79 Å². The number of aryl methyl sites for hydroxylation is 1. The van der Waals surface area contributed by atoms with Gasteiger partial charge in [-0.05, 0) is 37.6 Å². The number of benzene rings is 1. The number of nitrogens with zero attached hydrogens (tertiary/aromatic N) is 1. The molecule has 1 aromatic carbocycles. The predicted octanol–water partition coefficient (Wildman–Crippen LogP) is 2.80. The van der Waals surface area contributed by atoms with Gasteiger partial charge in [-0.2, -0.15) is 0 Å². The van der Waals surface area contributed by atoms with E-state index in [1.165, 1.54) is 5.56 Å². The lowest BCUT2D eigenvalue weighted by atomic mass is 10.1. The van der Waals surface area contributed by atoms with Gasteiger partial charge in [0.05, 0.1) is 0 Å². The standard InChI is InChI=1S/C15H18ClN3O2/c1-11-10-14(19-21-11)18-15(20)7-9-17-8-6-12-2-4-13(16)5-3-12/h2-5,10,17H,6-9H2,1H3,(H,18,19,20). The number of nitrogens with one attached hydrogen (secondary N) is 2. The molecule has 0 aliphatic rings. The maximum absolute atomic E-state index is 11.6. The van der Waals surface area contributed by atoms with Crippen molar-refractivity contribution in [2.24, 2.45) is 0 Å². The van der Waals surface area contributed by atoms with Crippen LogP contribution in [0.3, 0.4) is 0 Å². The molecule has 0 aliphatic heterocycles. The number of hydrogen-bond donors (Lipinski definition) is 2. The Labute approximate surface area is 128 Å². The summed E-state index contributed by atoms with van der Waals surface area (Å²) in [6.45, 7) is 3.22. The first-order chi connectivity index (χ1) is 10.1. The second-order valence-electron chi connectivity index (χ2n) is 4.75. The van der Waals surface area contributed by atoms with Crippen LogP contribution in [0.15, 0.2) is 34.9 Å². The Morgan fingerprint density at radius 2 is 2.05 bits per heavy atom. The molecule has 0 radical (unpaired) electrons. The minimum atomic E-state index is -0.0812. The normalized spacial score (nSPS) is 10.6. The average molecular weight is 308 g/mol. The molecule has 0 bridgehead atoms. The van der Waals surface area contributed by atoms with Gasteiger partial charge in [0.1, 0.15) is 5.76 Å². The van der Waals surface area contributed by atoms with Crippen molar-refractivity contribution < 1.29 is 9.32 Å². The van der Waals surface area contributed by atoms with Gasteiger partial charge in [0.15, 0.2) is 5.82 Å². The first-order valence-electron chi connectivity index (χ1n) is 6.82. The van der Waals surface area contributed by atoms with Crippen molar-refractivity contribution in [3.63, 3.8) is 0 Å². The second-order valence-corrected chi connectivity index (χ2v) is 5.18. The number of halogens is 1. The van der Waals surface area contributed by atoms with Crippen LogP contribution >= 0.6 is 11.6 Å². The number of carbonyl (C=O) groups is 1. The van der Waals surface area contributed by atoms with Crippen LogP contribution in [0.2, 0.25) is 5.02 Å². The summed E-state index contributed by atoms with van der Waals surface area (Å²) >= 11 is 5.83. The SMILES string of the molecule is Cc1cc(NC(=O)CCNCCc2ccc(Cl)cc2)no1. The Balaban J connectivity index is 1.59. The summed E-state index contributed by atoms with van der Waals surface area (Å²) < 4.78 is 4.88. The minimum Gasteiger partial charge on any atom is -0.360 e. The maximum Gasteiger partial charge on any atom is 0.226 e. The first-order valence-corrected chi connectivity index (χ1v) is 7.19. The molecule has 0 spiro atoms. The molecule has 112 valence electrons. The number of hydrogen-bond acceptors (Lipinski definition) is 4. The molecule has 5 nitrogen and oxygen atoms in total. The van der Waals surface area contributed by atoms with Crippen molar-refractivity contribution in [3.8, 4) is 0 Å². The zero-order valence-corrected chi connectivity index (χ0v) is 12.6. The molecule has 1 amide bonds. The summed E-state index contributed by atoms with van der Waals surface area (Å²) in [5.41, 5.74) is 1.22. The van der Waals surface area contributed by atoms with E-state index in [1.807, 2.05) is 24.3 Å². The number of carbonyl (C=O) groups excluding carboxylic acids is 1. The Bertz CT molecular complexity index is 581. The fourth-order valence-corrected chi connectivity index (χ4v) is 1.97. The van der Waals surface area contributed by atoms with Crippen molar-refractivity contribution in [3.05, 3.63) is 46.7 Å². The van der Waals surface area contributed by atoms with Crippen molar-refractivity contribution in [1.82, 2.24) is 10.5 Å². The topological polar surface area (TPSA) is 67.2 Å². The van der Waals surface area contributed by atoms with Crippen LogP contribution in [0.1, 0.15) is 17.7 Å². The summed E-state index contributed by atoms with van der Waals surface area (Å²) in [5, 5.41) is 10.4. The van der Waals surface area contributed by atoms with Crippen molar-refractivity contribution >= 4 is 23.3 Å². The lowest BCUT2D eigenvalue weighted by Gasteiger charge is -2.05. The minimum absolute atomic E-state index is 0.0812. The molecule has 0 atom stereocenters. The average Bonchev–Trinajstić information content (AvgIpc) is 2.86. The fraction of sp³-hybridized carbons (Fsp3) is 0.333. The monoisotopic (exact) mass is 307 g/mol. The van der Waals surface area contributed by atoms with E-state index in [1.54, 1.807) is 13.0 Å². The van der Waals surface area contributed by atoms with Crippen LogP contribution in [0.25, 0.3) is 0 Å². The van der Waals surface area contributed by atoms with Gasteiger partial charge in [0.2, 0.25) is 5.91 Å². The summed E-state index contributed by atoms with van der Waals surface area (Å²) in [7, 11) is 0. The predicted molar refractivity (Wildman–Crippen MR) is 82.5 cm³/mol. The maximum atomic E-state index is 11.6. The van der Waals surface area contributed by atoms with Gasteiger partial charge in [0.25, 0.3) is 0 Å². The number of rotatable bonds is 7. The quantitative estimate of drug-likeness (QED) is 0.772. The highest BCUT2D eigenvalue weighted by molar-refractivity contribution is 6.30. The molecule has 0 aliphatic carbocycles. The lowest BCUT2D eigenvalue weighted by molar-refractivity contribution is -0.116. The van der Waals surface area contributed by atoms with E-state index in [0.717, 1.165) is 18.0 Å². The van der Waals surface area contributed by atoms with E-state index in [-0.39, 0.29) is 5.91 Å². The van der Waals surface area contributed by atoms with Crippen molar-refractivity contribution in [2.45, 2.75) is 19.8 Å². The van der Waals surface area contributed by atoms with Gasteiger partial charge >= 0.3 is 0 Å². The molecular formula is C15H18ClN3O2. The Morgan fingerprint density at radius 1 is 1.29 bits per heavy atom. The van der Waals surface area contributed by atoms with Crippen LogP contribution in [0.4, 0.5) is 5.82 Å². The summed E-state index contributed by atoms with van der Waals surface area (Å²) in [4.78, 5) is 11.6. The van der Waals surface area contributed by atoms with Crippen LogP contribution < -0.4 is 10.6 Å². The lowest BCUT2D eigenvalue weighted by Crippen LogP contribution is -2.23. The van der Waals surface area contributed by atoms with E-state index < -0.39 is 0 Å². The fourth-order valence-electron chi connectivity index (χ4n) is 1.84. The highest BCUT2D eigenvalue weighted by Crippen LogP contribution is 2.09. The molecule has 2 N–H and O–H groups in total. The third-order valence-corrected chi connectivity index (χ3v) is 3.18. The molecule has 0 unspecified atom stereocenters. The van der Waals surface area contributed by atoms with Crippen molar-refractivity contribution in [2.75, 3.05) is 18.4 Å². The van der Waals surface area contributed by atoms with E-state index in [2.05, 4.69) is 15.8 Å². The summed E-state index contributed by atoms with van der Waals surface area (Å²) in [5.74, 6) is 1.05. The van der Waals surface area contributed by atoms with Gasteiger partial charge in [-0.3, -0.25) is 4.79 Å². The summed E-state index contributed by atoms with van der Waals surface area (Å²) in [6.07, 6.45) is 1.30. The number of amides is 1. The van der Waals surface area contributed by atoms with E-state index in [0.29, 0.717) is 24.5 Å². The van der Waals surface area contributed by atoms with Gasteiger partial charge in [-0.15, -0.1) is 0 Å². The molecule has 0 saturated heterocycles. The van der Waals surface area contributed by atoms with E-state index >= 15 is 0 Å². The Hall–Kier alpha value is -1.85. The third kappa shape index (κ3) is 5.57. The van der Waals surface area contributed by atoms with Gasteiger partial charge in [-0.25, -0.2) is 0 Å². The third-order valence-electron chi connectivity index (χ3n) is 2.93. The molecule has 0 fully saturated rings. The second kappa shape index (κ2) is 7.81. The highest BCUT2D eigenvalue weighted by Gasteiger charge is 2.05. The molecule has 1 heterocycles. The summed E-state index contributed by atoms with van der Waals surface area (Å²) in [6, 6.07) is 9.45. The van der Waals surface area contributed by atoms with E-state index in [4.69, 9.17) is 16.1 Å². The molecule has 21 heavy (non-hydrogen) atoms. The Kier molecular flexibility index (Phi) is 5.78. The molecular weight excluding hydrogens is 290 g/mol. The van der Waals surface area contributed by atoms with Crippen LogP contribution in [0.5, 0.6) is 0 Å². The zero-order valence-electron chi connectivity index (χ0n) is 11.9. The molecule has 6 heteroatoms. The zero-order chi connectivity index (χ0) is 15.1. The van der Waals surface area contributed by atoms with Crippen LogP contribution in [-0.4, -0.2) is 24.2 Å². The largest absolute Gasteiger partial charge is 0.360 e. The highest BCUT2D eigenvalue weighted by atomic mass is 35.5. The number of aromatic nitrogens is 1. The van der Waals surface area contributed by atoms with Gasteiger partial charge in [0, 0.05) is 24.1 Å². The van der Waals surface area contributed by atoms with Crippen LogP contribution in [-0.2, 0) is 11.2 Å². The van der Waals surface area contributed by atoms with Gasteiger partial charge < -0.3 is 15.2 Å². The number of anilines is 1. The first kappa shape index (κ1) is 15.5. The Morgan fingerprint density at radius 3 is 2.71 bits per heavy atom. The molecule has 2 aromatic rings. The van der Waals surface area contributed by atoms with Crippen LogP contribution in [0, 0.1) is 6.92 Å². The van der Waals surface area contributed by atoms with Crippen molar-refractivity contribution in [1.29, 1.82) is 0 Å². The van der Waals surface area contributed by atoms with Gasteiger partial charge in [-0.1, -0.05) is 28.9 Å².